The molecule has 0 aliphatic rings. The first-order valence-corrected chi connectivity index (χ1v) is 8.40. The van der Waals surface area contributed by atoms with Crippen LogP contribution in [0.2, 0.25) is 0 Å². The van der Waals surface area contributed by atoms with E-state index in [2.05, 4.69) is 20.5 Å². The minimum absolute atomic E-state index is 0.304. The fourth-order valence-corrected chi connectivity index (χ4v) is 3.43. The average Bonchev–Trinajstić information content (AvgIpc) is 3.29. The molecule has 2 N–H and O–H groups in total. The van der Waals surface area contributed by atoms with E-state index in [4.69, 9.17) is 0 Å². The Kier molecular flexibility index (Phi) is 3.88. The number of fused-ring (bicyclic) bond motifs is 1. The number of carboxylic acids is 1. The Morgan fingerprint density at radius 2 is 1.93 bits per heavy atom. The molecule has 0 radical (unpaired) electrons. The van der Waals surface area contributed by atoms with Crippen molar-refractivity contribution in [1.29, 1.82) is 0 Å². The predicted molar refractivity (Wildman–Crippen MR) is 102 cm³/mol. The maximum absolute atomic E-state index is 11.4. The first-order chi connectivity index (χ1) is 13.0. The molecule has 0 saturated carbocycles. The third-order valence-corrected chi connectivity index (χ3v) is 4.66. The highest BCUT2D eigenvalue weighted by atomic mass is 16.4. The van der Waals surface area contributed by atoms with Crippen molar-refractivity contribution in [2.24, 2.45) is 0 Å². The van der Waals surface area contributed by atoms with E-state index >= 15 is 0 Å². The van der Waals surface area contributed by atoms with Gasteiger partial charge in [-0.3, -0.25) is 0 Å². The van der Waals surface area contributed by atoms with Gasteiger partial charge in [0.15, 0.2) is 0 Å². The number of tetrazole rings is 1. The fourth-order valence-electron chi connectivity index (χ4n) is 3.43. The lowest BCUT2D eigenvalue weighted by atomic mass is 10.0. The van der Waals surface area contributed by atoms with Gasteiger partial charge in [-0.25, -0.2) is 4.79 Å². The van der Waals surface area contributed by atoms with E-state index in [1.165, 1.54) is 0 Å². The number of nitrogens with one attached hydrogen (secondary N) is 1. The molecule has 2 aromatic heterocycles. The van der Waals surface area contributed by atoms with Gasteiger partial charge >= 0.3 is 5.97 Å². The Balaban J connectivity index is 1.82. The Hall–Kier alpha value is -3.68. The number of hydrogen-bond donors (Lipinski definition) is 2. The van der Waals surface area contributed by atoms with E-state index in [-0.39, 0.29) is 0 Å². The van der Waals surface area contributed by atoms with Crippen molar-refractivity contribution >= 4 is 28.5 Å². The van der Waals surface area contributed by atoms with Crippen molar-refractivity contribution in [2.45, 2.75) is 13.8 Å². The number of aromatic amines is 1. The molecule has 8 heteroatoms. The lowest BCUT2D eigenvalue weighted by Crippen LogP contribution is -2.16. The summed E-state index contributed by atoms with van der Waals surface area (Å²) in [6.07, 6.45) is 1.89. The summed E-state index contributed by atoms with van der Waals surface area (Å²) >= 11 is 0. The van der Waals surface area contributed by atoms with Crippen LogP contribution in [0.3, 0.4) is 0 Å². The first kappa shape index (κ1) is 16.8. The lowest BCUT2D eigenvalue weighted by Gasteiger charge is -2.19. The van der Waals surface area contributed by atoms with Gasteiger partial charge in [-0.15, -0.1) is 0 Å². The molecule has 2 aromatic carbocycles. The molecule has 2 heterocycles. The fraction of sp³-hybridized carbons (Fsp3) is 0.158. The molecule has 0 saturated heterocycles. The highest BCUT2D eigenvalue weighted by Gasteiger charge is 2.19. The van der Waals surface area contributed by atoms with Crippen LogP contribution in [0.25, 0.3) is 16.6 Å². The zero-order valence-electron chi connectivity index (χ0n) is 15.1. The van der Waals surface area contributed by atoms with Gasteiger partial charge in [0.05, 0.1) is 16.9 Å². The summed E-state index contributed by atoms with van der Waals surface area (Å²) < 4.78 is 1.61. The van der Waals surface area contributed by atoms with Gasteiger partial charge < -0.3 is 15.0 Å². The highest BCUT2D eigenvalue weighted by Crippen LogP contribution is 2.30. The summed E-state index contributed by atoms with van der Waals surface area (Å²) in [7, 11) is 1.90. The third-order valence-electron chi connectivity index (χ3n) is 4.66. The van der Waals surface area contributed by atoms with E-state index in [9.17, 15) is 9.90 Å². The van der Waals surface area contributed by atoms with Crippen molar-refractivity contribution in [3.8, 4) is 5.69 Å². The number of aromatic carboxylic acids is 1. The zero-order chi connectivity index (χ0) is 19.1. The number of aryl methyl sites for hydroxylation is 2. The molecule has 0 atom stereocenters. The zero-order valence-corrected chi connectivity index (χ0v) is 15.1. The van der Waals surface area contributed by atoms with Crippen LogP contribution in [-0.2, 0) is 0 Å². The van der Waals surface area contributed by atoms with Crippen LogP contribution in [0.15, 0.2) is 42.6 Å². The van der Waals surface area contributed by atoms with Gasteiger partial charge in [0.2, 0.25) is 0 Å². The molecule has 8 nitrogen and oxygen atoms in total. The lowest BCUT2D eigenvalue weighted by molar-refractivity contribution is 0.0695. The number of carbonyl (C=O) groups is 1. The summed E-state index contributed by atoms with van der Waals surface area (Å²) in [5.41, 5.74) is 4.32. The molecule has 0 amide bonds. The second-order valence-corrected chi connectivity index (χ2v) is 6.43. The molecule has 4 aromatic rings. The van der Waals surface area contributed by atoms with Crippen LogP contribution in [0.4, 0.5) is 11.6 Å². The smallest absolute Gasteiger partial charge is 0.336 e. The number of hydrogen-bond acceptors (Lipinski definition) is 5. The van der Waals surface area contributed by atoms with Crippen LogP contribution in [-0.4, -0.2) is 43.3 Å². The SMILES string of the molecule is Cc1cc(-n2nnnc2N(C)c2cccc3[nH]ccc23)cc(C)c1C(=O)O. The third kappa shape index (κ3) is 2.71. The normalized spacial score (nSPS) is 11.1. The molecule has 0 spiro atoms. The van der Waals surface area contributed by atoms with Gasteiger partial charge in [-0.05, 0) is 65.7 Å². The molecule has 4 rings (SSSR count). The van der Waals surface area contributed by atoms with Crippen molar-refractivity contribution in [2.75, 3.05) is 11.9 Å². The monoisotopic (exact) mass is 362 g/mol. The molecule has 0 aliphatic carbocycles. The van der Waals surface area contributed by atoms with Crippen LogP contribution < -0.4 is 4.90 Å². The minimum atomic E-state index is -0.940. The topological polar surface area (TPSA) is 99.9 Å². The molecule has 0 aliphatic heterocycles. The van der Waals surface area contributed by atoms with Gasteiger partial charge in [0.1, 0.15) is 0 Å². The highest BCUT2D eigenvalue weighted by molar-refractivity contribution is 5.94. The number of carboxylic acid groups (broad SMARTS) is 1. The van der Waals surface area contributed by atoms with E-state index in [0.717, 1.165) is 16.6 Å². The largest absolute Gasteiger partial charge is 0.478 e. The standard InChI is InChI=1S/C19H18N6O2/c1-11-9-13(10-12(2)17(11)18(26)27)25-19(21-22-23-25)24(3)16-6-4-5-15-14(16)7-8-20-15/h4-10,20H,1-3H3,(H,26,27). The van der Waals surface area contributed by atoms with Gasteiger partial charge in [-0.1, -0.05) is 11.2 Å². The Morgan fingerprint density at radius 3 is 2.63 bits per heavy atom. The maximum atomic E-state index is 11.4. The summed E-state index contributed by atoms with van der Waals surface area (Å²) in [5, 5.41) is 22.6. The molecule has 0 unspecified atom stereocenters. The van der Waals surface area contributed by atoms with Crippen LogP contribution in [0.5, 0.6) is 0 Å². The van der Waals surface area contributed by atoms with E-state index in [1.807, 2.05) is 42.4 Å². The van der Waals surface area contributed by atoms with Crippen LogP contribution >= 0.6 is 0 Å². The second-order valence-electron chi connectivity index (χ2n) is 6.43. The quantitative estimate of drug-likeness (QED) is 0.578. The predicted octanol–water partition coefficient (Wildman–Crippen LogP) is 3.23. The van der Waals surface area contributed by atoms with Crippen LogP contribution in [0.1, 0.15) is 21.5 Å². The van der Waals surface area contributed by atoms with E-state index in [1.54, 1.807) is 30.7 Å². The van der Waals surface area contributed by atoms with Crippen molar-refractivity contribution in [3.63, 3.8) is 0 Å². The van der Waals surface area contributed by atoms with E-state index in [0.29, 0.717) is 28.3 Å². The van der Waals surface area contributed by atoms with Crippen molar-refractivity contribution in [3.05, 3.63) is 59.3 Å². The molecule has 136 valence electrons. The second kappa shape index (κ2) is 6.24. The van der Waals surface area contributed by atoms with Gasteiger partial charge in [0, 0.05) is 24.1 Å². The number of rotatable bonds is 4. The number of anilines is 2. The van der Waals surface area contributed by atoms with Crippen molar-refractivity contribution < 1.29 is 9.90 Å². The summed E-state index contributed by atoms with van der Waals surface area (Å²) in [4.78, 5) is 16.5. The van der Waals surface area contributed by atoms with Gasteiger partial charge in [-0.2, -0.15) is 4.68 Å². The van der Waals surface area contributed by atoms with Crippen molar-refractivity contribution in [1.82, 2.24) is 25.2 Å². The molecule has 0 fully saturated rings. The Morgan fingerprint density at radius 1 is 1.19 bits per heavy atom. The molecule has 0 bridgehead atoms. The summed E-state index contributed by atoms with van der Waals surface area (Å²) in [6.45, 7) is 3.54. The summed E-state index contributed by atoms with van der Waals surface area (Å²) in [5.74, 6) is -0.407. The maximum Gasteiger partial charge on any atom is 0.336 e. The van der Waals surface area contributed by atoms with Crippen LogP contribution in [0, 0.1) is 13.8 Å². The number of nitrogens with zero attached hydrogens (tertiary/aromatic N) is 5. The number of benzene rings is 2. The number of H-pyrrole nitrogens is 1. The average molecular weight is 362 g/mol. The number of aromatic nitrogens is 5. The molecule has 27 heavy (non-hydrogen) atoms. The molecular formula is C19H18N6O2. The minimum Gasteiger partial charge on any atom is -0.478 e. The Bertz CT molecular complexity index is 1140. The summed E-state index contributed by atoms with van der Waals surface area (Å²) in [6, 6.07) is 11.5. The molecular weight excluding hydrogens is 344 g/mol. The Labute approximate surface area is 155 Å². The van der Waals surface area contributed by atoms with Gasteiger partial charge in [0.25, 0.3) is 5.95 Å². The van der Waals surface area contributed by atoms with E-state index < -0.39 is 5.97 Å². The first-order valence-electron chi connectivity index (χ1n) is 8.40.